The second kappa shape index (κ2) is 8.27. The van der Waals surface area contributed by atoms with Crippen molar-refractivity contribution >= 4 is 12.1 Å². The second-order valence-corrected chi connectivity index (χ2v) is 9.16. The summed E-state index contributed by atoms with van der Waals surface area (Å²) in [4.78, 5) is 23.8. The van der Waals surface area contributed by atoms with Crippen LogP contribution in [0.15, 0.2) is 30.3 Å². The maximum absolute atomic E-state index is 12.9. The number of methoxy groups -OCH3 is 1. The van der Waals surface area contributed by atoms with Crippen molar-refractivity contribution in [3.8, 4) is 17.2 Å². The molecule has 0 aromatic heterocycles. The highest BCUT2D eigenvalue weighted by Crippen LogP contribution is 2.40. The molecule has 2 aromatic rings. The number of hydrogen-bond donors (Lipinski definition) is 1. The number of carbonyl (C=O) groups excluding carboxylic acids is 2. The average Bonchev–Trinajstić information content (AvgIpc) is 2.64. The van der Waals surface area contributed by atoms with Crippen molar-refractivity contribution in [2.75, 3.05) is 13.7 Å². The minimum Gasteiger partial charge on any atom is -0.507 e. The number of phenols is 1. The third-order valence-electron chi connectivity index (χ3n) is 4.73. The smallest absolute Gasteiger partial charge is 0.200 e. The SMILES string of the molecule is COc1cc(C=O)ccc1OCC(=O)c1cc(C(C)(C)C)c(O)c(C(C)(C)C)c1. The topological polar surface area (TPSA) is 72.8 Å². The molecule has 0 heterocycles. The molecule has 5 heteroatoms. The molecule has 0 saturated carbocycles. The van der Waals surface area contributed by atoms with Gasteiger partial charge in [0.2, 0.25) is 0 Å². The first-order valence-electron chi connectivity index (χ1n) is 9.55. The van der Waals surface area contributed by atoms with Crippen LogP contribution in [0, 0.1) is 0 Å². The molecule has 0 radical (unpaired) electrons. The quantitative estimate of drug-likeness (QED) is 0.543. The number of carbonyl (C=O) groups is 2. The maximum atomic E-state index is 12.9. The van der Waals surface area contributed by atoms with Crippen LogP contribution in [0.5, 0.6) is 17.2 Å². The van der Waals surface area contributed by atoms with Crippen LogP contribution in [0.3, 0.4) is 0 Å². The molecule has 0 aliphatic rings. The number of ether oxygens (including phenoxy) is 2. The summed E-state index contributed by atoms with van der Waals surface area (Å²) in [7, 11) is 1.48. The molecule has 2 rings (SSSR count). The first kappa shape index (κ1) is 22.5. The monoisotopic (exact) mass is 398 g/mol. The highest BCUT2D eigenvalue weighted by atomic mass is 16.5. The van der Waals surface area contributed by atoms with Crippen molar-refractivity contribution in [2.45, 2.75) is 52.4 Å². The Bertz CT molecular complexity index is 879. The number of Topliss-reactive ketones (excluding diaryl/α,β-unsaturated/α-hetero) is 1. The third-order valence-corrected chi connectivity index (χ3v) is 4.73. The molecule has 5 nitrogen and oxygen atoms in total. The Kier molecular flexibility index (Phi) is 6.41. The lowest BCUT2D eigenvalue weighted by Gasteiger charge is -2.28. The number of aromatic hydroxyl groups is 1. The lowest BCUT2D eigenvalue weighted by atomic mass is 9.78. The van der Waals surface area contributed by atoms with Crippen LogP contribution in [-0.4, -0.2) is 30.9 Å². The van der Waals surface area contributed by atoms with Gasteiger partial charge in [0.1, 0.15) is 12.0 Å². The van der Waals surface area contributed by atoms with Crippen LogP contribution in [0.25, 0.3) is 0 Å². The van der Waals surface area contributed by atoms with Gasteiger partial charge in [-0.2, -0.15) is 0 Å². The van der Waals surface area contributed by atoms with Crippen molar-refractivity contribution in [2.24, 2.45) is 0 Å². The van der Waals surface area contributed by atoms with Crippen LogP contribution in [0.1, 0.15) is 73.4 Å². The molecule has 2 aromatic carbocycles. The van der Waals surface area contributed by atoms with E-state index >= 15 is 0 Å². The van der Waals surface area contributed by atoms with Gasteiger partial charge in [-0.3, -0.25) is 9.59 Å². The number of ketones is 1. The summed E-state index contributed by atoms with van der Waals surface area (Å²) >= 11 is 0. The zero-order valence-corrected chi connectivity index (χ0v) is 18.3. The summed E-state index contributed by atoms with van der Waals surface area (Å²) in [5.41, 5.74) is 1.75. The molecule has 1 N–H and O–H groups in total. The van der Waals surface area contributed by atoms with Crippen molar-refractivity contribution in [1.29, 1.82) is 0 Å². The summed E-state index contributed by atoms with van der Waals surface area (Å²) in [6.45, 7) is 11.8. The Morgan fingerprint density at radius 1 is 0.966 bits per heavy atom. The van der Waals surface area contributed by atoms with E-state index in [2.05, 4.69) is 0 Å². The fourth-order valence-electron chi connectivity index (χ4n) is 3.04. The molecular weight excluding hydrogens is 368 g/mol. The van der Waals surface area contributed by atoms with E-state index in [1.165, 1.54) is 7.11 Å². The molecule has 0 saturated heterocycles. The lowest BCUT2D eigenvalue weighted by Crippen LogP contribution is -2.20. The van der Waals surface area contributed by atoms with Gasteiger partial charge < -0.3 is 14.6 Å². The van der Waals surface area contributed by atoms with E-state index in [0.717, 1.165) is 17.4 Å². The van der Waals surface area contributed by atoms with Gasteiger partial charge in [-0.05, 0) is 41.2 Å². The maximum Gasteiger partial charge on any atom is 0.200 e. The molecule has 0 aliphatic carbocycles. The zero-order chi connectivity index (χ0) is 22.0. The van der Waals surface area contributed by atoms with E-state index < -0.39 is 0 Å². The minimum absolute atomic E-state index is 0.186. The molecule has 0 bridgehead atoms. The minimum atomic E-state index is -0.324. The molecule has 0 spiro atoms. The van der Waals surface area contributed by atoms with E-state index in [0.29, 0.717) is 22.6 Å². The highest BCUT2D eigenvalue weighted by Gasteiger charge is 2.28. The van der Waals surface area contributed by atoms with E-state index in [1.807, 2.05) is 41.5 Å². The van der Waals surface area contributed by atoms with Crippen LogP contribution in [0.4, 0.5) is 0 Å². The normalized spacial score (nSPS) is 11.8. The Balaban J connectivity index is 2.37. The van der Waals surface area contributed by atoms with E-state index in [9.17, 15) is 14.7 Å². The largest absolute Gasteiger partial charge is 0.507 e. The van der Waals surface area contributed by atoms with Gasteiger partial charge in [0.05, 0.1) is 7.11 Å². The third kappa shape index (κ3) is 5.17. The molecule has 156 valence electrons. The van der Waals surface area contributed by atoms with Crippen LogP contribution in [-0.2, 0) is 10.8 Å². The van der Waals surface area contributed by atoms with Crippen molar-refractivity contribution in [3.05, 3.63) is 52.6 Å². The van der Waals surface area contributed by atoms with Crippen molar-refractivity contribution in [1.82, 2.24) is 0 Å². The van der Waals surface area contributed by atoms with E-state index in [-0.39, 0.29) is 29.0 Å². The summed E-state index contributed by atoms with van der Waals surface area (Å²) in [5, 5.41) is 10.8. The predicted octanol–water partition coefficient (Wildman–Crippen LogP) is 5.07. The van der Waals surface area contributed by atoms with Crippen molar-refractivity contribution in [3.63, 3.8) is 0 Å². The van der Waals surface area contributed by atoms with Gasteiger partial charge in [0.15, 0.2) is 23.9 Å². The van der Waals surface area contributed by atoms with Gasteiger partial charge in [-0.1, -0.05) is 41.5 Å². The van der Waals surface area contributed by atoms with E-state index in [4.69, 9.17) is 9.47 Å². The van der Waals surface area contributed by atoms with Crippen molar-refractivity contribution < 1.29 is 24.2 Å². The van der Waals surface area contributed by atoms with Crippen LogP contribution in [0.2, 0.25) is 0 Å². The molecular formula is C24H30O5. The number of benzene rings is 2. The van der Waals surface area contributed by atoms with Gasteiger partial charge in [0, 0.05) is 22.3 Å². The first-order chi connectivity index (χ1) is 13.4. The van der Waals surface area contributed by atoms with E-state index in [1.54, 1.807) is 30.3 Å². The molecule has 0 atom stereocenters. The fraction of sp³-hybridized carbons (Fsp3) is 0.417. The van der Waals surface area contributed by atoms with Gasteiger partial charge in [-0.25, -0.2) is 0 Å². The predicted molar refractivity (Wildman–Crippen MR) is 114 cm³/mol. The van der Waals surface area contributed by atoms with Gasteiger partial charge >= 0.3 is 0 Å². The number of rotatable bonds is 6. The van der Waals surface area contributed by atoms with Gasteiger partial charge in [-0.15, -0.1) is 0 Å². The lowest BCUT2D eigenvalue weighted by molar-refractivity contribution is 0.0918. The van der Waals surface area contributed by atoms with Crippen LogP contribution >= 0.6 is 0 Å². The van der Waals surface area contributed by atoms with Gasteiger partial charge in [0.25, 0.3) is 0 Å². The summed E-state index contributed by atoms with van der Waals surface area (Å²) in [6, 6.07) is 8.24. The standard InChI is InChI=1S/C24H30O5/c1-23(2,3)17-11-16(12-18(22(17)27)24(4,5)6)19(26)14-29-20-9-8-15(13-25)10-21(20)28-7/h8-13,27H,14H2,1-7H3. The number of hydrogen-bond acceptors (Lipinski definition) is 5. The Hall–Kier alpha value is -2.82. The first-order valence-corrected chi connectivity index (χ1v) is 9.55. The molecule has 0 fully saturated rings. The number of phenolic OH excluding ortho intramolecular Hbond substituents is 1. The molecule has 29 heavy (non-hydrogen) atoms. The second-order valence-electron chi connectivity index (χ2n) is 9.16. The van der Waals surface area contributed by atoms with Crippen LogP contribution < -0.4 is 9.47 Å². The summed E-state index contributed by atoms with van der Waals surface area (Å²) < 4.78 is 10.9. The molecule has 0 aliphatic heterocycles. The molecule has 0 amide bonds. The number of aldehydes is 1. The summed E-state index contributed by atoms with van der Waals surface area (Å²) in [5.74, 6) is 0.798. The Labute approximate surface area is 172 Å². The summed E-state index contributed by atoms with van der Waals surface area (Å²) in [6.07, 6.45) is 0.718. The molecule has 0 unspecified atom stereocenters. The fourth-order valence-corrected chi connectivity index (χ4v) is 3.04. The highest BCUT2D eigenvalue weighted by molar-refractivity contribution is 5.98. The average molecular weight is 398 g/mol. The Morgan fingerprint density at radius 2 is 1.52 bits per heavy atom. The Morgan fingerprint density at radius 3 is 1.97 bits per heavy atom. The zero-order valence-electron chi connectivity index (χ0n) is 18.3.